The highest BCUT2D eigenvalue weighted by molar-refractivity contribution is 5.89. The molecular weight excluding hydrogens is 250 g/mol. The van der Waals surface area contributed by atoms with Gasteiger partial charge in [-0.2, -0.15) is 0 Å². The first kappa shape index (κ1) is 18.7. The summed E-state index contributed by atoms with van der Waals surface area (Å²) in [5.74, 6) is 0.235. The molecule has 1 aromatic rings. The van der Waals surface area contributed by atoms with Gasteiger partial charge in [-0.15, -0.1) is 0 Å². The highest BCUT2D eigenvalue weighted by Gasteiger charge is 2.10. The molecule has 0 fully saturated rings. The van der Waals surface area contributed by atoms with E-state index in [1.807, 2.05) is 58.0 Å². The molecule has 1 aromatic carbocycles. The van der Waals surface area contributed by atoms with Crippen LogP contribution in [0.1, 0.15) is 55.1 Å². The fraction of sp³-hybridized carbons (Fsp3) is 0.588. The number of ether oxygens (including phenoxy) is 1. The van der Waals surface area contributed by atoms with Gasteiger partial charge in [0, 0.05) is 6.54 Å². The van der Waals surface area contributed by atoms with Crippen molar-refractivity contribution >= 4 is 5.97 Å². The molecule has 0 N–H and O–H groups in total. The lowest BCUT2D eigenvalue weighted by atomic mass is 9.96. The minimum atomic E-state index is -0.241. The van der Waals surface area contributed by atoms with Gasteiger partial charge in [0.1, 0.15) is 6.61 Å². The van der Waals surface area contributed by atoms with Crippen LogP contribution in [0.5, 0.6) is 0 Å². The predicted octanol–water partition coefficient (Wildman–Crippen LogP) is 3.86. The van der Waals surface area contributed by atoms with Crippen molar-refractivity contribution in [2.24, 2.45) is 0 Å². The van der Waals surface area contributed by atoms with Gasteiger partial charge >= 0.3 is 5.97 Å². The van der Waals surface area contributed by atoms with E-state index >= 15 is 0 Å². The Bertz CT molecular complexity index is 411. The van der Waals surface area contributed by atoms with Crippen molar-refractivity contribution in [1.29, 1.82) is 0 Å². The first-order valence-electron chi connectivity index (χ1n) is 7.34. The van der Waals surface area contributed by atoms with Gasteiger partial charge in [-0.1, -0.05) is 33.8 Å². The van der Waals surface area contributed by atoms with E-state index in [1.54, 1.807) is 0 Å². The number of benzene rings is 1. The van der Waals surface area contributed by atoms with Crippen LogP contribution in [-0.4, -0.2) is 38.1 Å². The van der Waals surface area contributed by atoms with Gasteiger partial charge in [0.15, 0.2) is 0 Å². The third kappa shape index (κ3) is 6.20. The third-order valence-electron chi connectivity index (χ3n) is 2.90. The summed E-state index contributed by atoms with van der Waals surface area (Å²) >= 11 is 0. The summed E-state index contributed by atoms with van der Waals surface area (Å²) in [6.45, 7) is 11.5. The second kappa shape index (κ2) is 9.54. The lowest BCUT2D eigenvalue weighted by molar-refractivity contribution is 0.0481. The zero-order valence-electron chi connectivity index (χ0n) is 14.0. The highest BCUT2D eigenvalue weighted by Crippen LogP contribution is 2.20. The fourth-order valence-electron chi connectivity index (χ4n) is 1.85. The van der Waals surface area contributed by atoms with E-state index in [1.165, 1.54) is 5.56 Å². The lowest BCUT2D eigenvalue weighted by Gasteiger charge is -2.12. The summed E-state index contributed by atoms with van der Waals surface area (Å²) in [7, 11) is 3.91. The molecular formula is C17H29NO2. The minimum absolute atomic E-state index is 0.241. The van der Waals surface area contributed by atoms with E-state index < -0.39 is 0 Å². The van der Waals surface area contributed by atoms with Gasteiger partial charge in [0.2, 0.25) is 0 Å². The first-order valence-corrected chi connectivity index (χ1v) is 7.34. The molecule has 3 heteroatoms. The van der Waals surface area contributed by atoms with Crippen molar-refractivity contribution in [3.63, 3.8) is 0 Å². The van der Waals surface area contributed by atoms with Crippen molar-refractivity contribution in [1.82, 2.24) is 4.90 Å². The molecule has 3 nitrogen and oxygen atoms in total. The van der Waals surface area contributed by atoms with E-state index in [9.17, 15) is 4.79 Å². The Morgan fingerprint density at radius 1 is 1.25 bits per heavy atom. The van der Waals surface area contributed by atoms with Crippen LogP contribution in [0.4, 0.5) is 0 Å². The molecule has 0 saturated heterocycles. The molecule has 0 aliphatic rings. The molecule has 1 rings (SSSR count). The van der Waals surface area contributed by atoms with E-state index in [-0.39, 0.29) is 5.97 Å². The Balaban J connectivity index is 0.00000172. The lowest BCUT2D eigenvalue weighted by Crippen LogP contribution is -2.20. The molecule has 0 aliphatic carbocycles. The molecule has 0 aliphatic heterocycles. The zero-order valence-corrected chi connectivity index (χ0v) is 14.0. The molecule has 0 amide bonds. The molecule has 20 heavy (non-hydrogen) atoms. The normalized spacial score (nSPS) is 10.2. The number of rotatable bonds is 5. The van der Waals surface area contributed by atoms with Crippen LogP contribution >= 0.6 is 0 Å². The molecule has 114 valence electrons. The number of carbonyl (C=O) groups is 1. The number of likely N-dealkylation sites (N-methyl/N-ethyl adjacent to an activating group) is 1. The Morgan fingerprint density at radius 3 is 2.30 bits per heavy atom. The van der Waals surface area contributed by atoms with Gasteiger partial charge in [-0.3, -0.25) is 0 Å². The Hall–Kier alpha value is -1.35. The molecule has 0 bridgehead atoms. The SMILES string of the molecule is CC.Cc1cc(C(=O)OCCN(C)C)ccc1C(C)C. The molecule has 0 unspecified atom stereocenters. The van der Waals surface area contributed by atoms with Crippen LogP contribution in [-0.2, 0) is 4.74 Å². The van der Waals surface area contributed by atoms with Crippen molar-refractivity contribution < 1.29 is 9.53 Å². The highest BCUT2D eigenvalue weighted by atomic mass is 16.5. The summed E-state index contributed by atoms with van der Waals surface area (Å²) in [6, 6.07) is 5.77. The maximum atomic E-state index is 11.8. The molecule has 0 atom stereocenters. The Labute approximate surface area is 123 Å². The summed E-state index contributed by atoms with van der Waals surface area (Å²) < 4.78 is 5.21. The van der Waals surface area contributed by atoms with Gasteiger partial charge in [-0.25, -0.2) is 4.79 Å². The van der Waals surface area contributed by atoms with Gasteiger partial charge in [0.05, 0.1) is 5.56 Å². The van der Waals surface area contributed by atoms with Crippen molar-refractivity contribution in [3.05, 3.63) is 34.9 Å². The maximum absolute atomic E-state index is 11.8. The quantitative estimate of drug-likeness (QED) is 0.766. The monoisotopic (exact) mass is 279 g/mol. The number of hydrogen-bond acceptors (Lipinski definition) is 3. The molecule has 0 spiro atoms. The van der Waals surface area contributed by atoms with Gasteiger partial charge < -0.3 is 9.64 Å². The smallest absolute Gasteiger partial charge is 0.338 e. The van der Waals surface area contributed by atoms with E-state index in [0.29, 0.717) is 18.1 Å². The molecule has 0 aromatic heterocycles. The average molecular weight is 279 g/mol. The van der Waals surface area contributed by atoms with Crippen LogP contribution in [0.15, 0.2) is 18.2 Å². The molecule has 0 saturated carbocycles. The minimum Gasteiger partial charge on any atom is -0.461 e. The van der Waals surface area contributed by atoms with Crippen molar-refractivity contribution in [2.45, 2.75) is 40.5 Å². The van der Waals surface area contributed by atoms with E-state index in [0.717, 1.165) is 12.1 Å². The van der Waals surface area contributed by atoms with Crippen LogP contribution in [0.2, 0.25) is 0 Å². The maximum Gasteiger partial charge on any atom is 0.338 e. The second-order valence-corrected chi connectivity index (χ2v) is 5.17. The zero-order chi connectivity index (χ0) is 15.7. The van der Waals surface area contributed by atoms with E-state index in [4.69, 9.17) is 4.74 Å². The predicted molar refractivity (Wildman–Crippen MR) is 85.5 cm³/mol. The number of hydrogen-bond donors (Lipinski definition) is 0. The Morgan fingerprint density at radius 2 is 1.85 bits per heavy atom. The van der Waals surface area contributed by atoms with Crippen LogP contribution in [0, 0.1) is 6.92 Å². The second-order valence-electron chi connectivity index (χ2n) is 5.17. The van der Waals surface area contributed by atoms with Crippen LogP contribution in [0.3, 0.4) is 0 Å². The van der Waals surface area contributed by atoms with Crippen molar-refractivity contribution in [3.8, 4) is 0 Å². The summed E-state index contributed by atoms with van der Waals surface area (Å²) in [4.78, 5) is 13.8. The van der Waals surface area contributed by atoms with Crippen LogP contribution < -0.4 is 0 Å². The van der Waals surface area contributed by atoms with Crippen LogP contribution in [0.25, 0.3) is 0 Å². The standard InChI is InChI=1S/C15H23NO2.C2H6/c1-11(2)14-7-6-13(10-12(14)3)15(17)18-9-8-16(4)5;1-2/h6-7,10-11H,8-9H2,1-5H3;1-2H3. The number of carbonyl (C=O) groups excluding carboxylic acids is 1. The number of esters is 1. The Kier molecular flexibility index (Phi) is 8.89. The van der Waals surface area contributed by atoms with Crippen molar-refractivity contribution in [2.75, 3.05) is 27.2 Å². The number of nitrogens with zero attached hydrogens (tertiary/aromatic N) is 1. The van der Waals surface area contributed by atoms with E-state index in [2.05, 4.69) is 13.8 Å². The largest absolute Gasteiger partial charge is 0.461 e. The summed E-state index contributed by atoms with van der Waals surface area (Å²) in [6.07, 6.45) is 0. The topological polar surface area (TPSA) is 29.5 Å². The molecule has 0 radical (unpaired) electrons. The van der Waals surface area contributed by atoms with Gasteiger partial charge in [-0.05, 0) is 50.2 Å². The summed E-state index contributed by atoms with van der Waals surface area (Å²) in [5.41, 5.74) is 3.06. The third-order valence-corrected chi connectivity index (χ3v) is 2.90. The average Bonchev–Trinajstić information content (AvgIpc) is 2.39. The summed E-state index contributed by atoms with van der Waals surface area (Å²) in [5, 5.41) is 0. The fourth-order valence-corrected chi connectivity index (χ4v) is 1.85. The first-order chi connectivity index (χ1) is 9.41. The molecule has 0 heterocycles. The van der Waals surface area contributed by atoms with Gasteiger partial charge in [0.25, 0.3) is 0 Å². The number of aryl methyl sites for hydroxylation is 1.